The molecule has 2 aliphatic heterocycles. The van der Waals surface area contributed by atoms with Crippen LogP contribution in [-0.2, 0) is 16.0 Å². The Morgan fingerprint density at radius 3 is 2.37 bits per heavy atom. The van der Waals surface area contributed by atoms with Gasteiger partial charge in [0.2, 0.25) is 5.91 Å². The second kappa shape index (κ2) is 7.35. The molecule has 0 aliphatic carbocycles. The Hall–Kier alpha value is -2.33. The highest BCUT2D eigenvalue weighted by Gasteiger charge is 2.55. The highest BCUT2D eigenvalue weighted by atomic mass is 16.5. The number of hydrogen-bond acceptors (Lipinski definition) is 3. The van der Waals surface area contributed by atoms with Crippen LogP contribution in [0.15, 0.2) is 54.6 Å². The lowest BCUT2D eigenvalue weighted by Crippen LogP contribution is -2.74. The van der Waals surface area contributed by atoms with E-state index in [1.807, 2.05) is 42.3 Å². The van der Waals surface area contributed by atoms with Gasteiger partial charge >= 0.3 is 0 Å². The Kier molecular flexibility index (Phi) is 4.92. The van der Waals surface area contributed by atoms with Crippen LogP contribution >= 0.6 is 0 Å². The first-order chi connectivity index (χ1) is 13.1. The third-order valence-corrected chi connectivity index (χ3v) is 6.30. The van der Waals surface area contributed by atoms with Gasteiger partial charge in [0.1, 0.15) is 0 Å². The number of carbonyl (C=O) groups is 1. The minimum absolute atomic E-state index is 0.0214. The molecular formula is C23H28N2O2. The van der Waals surface area contributed by atoms with Gasteiger partial charge < -0.3 is 14.5 Å². The molecule has 2 aromatic rings. The van der Waals surface area contributed by atoms with E-state index in [4.69, 9.17) is 4.74 Å². The first-order valence-corrected chi connectivity index (χ1v) is 9.81. The molecular weight excluding hydrogens is 336 g/mol. The number of nitrogens with zero attached hydrogens (tertiary/aromatic N) is 2. The topological polar surface area (TPSA) is 32.8 Å². The molecule has 2 aliphatic rings. The van der Waals surface area contributed by atoms with Crippen molar-refractivity contribution in [2.75, 3.05) is 31.6 Å². The second-order valence-electron chi connectivity index (χ2n) is 7.82. The number of carbonyl (C=O) groups excluding carboxylic acids is 1. The summed E-state index contributed by atoms with van der Waals surface area (Å²) in [5, 5.41) is 0. The van der Waals surface area contributed by atoms with E-state index in [1.54, 1.807) is 0 Å². The number of rotatable bonds is 4. The zero-order valence-electron chi connectivity index (χ0n) is 16.2. The largest absolute Gasteiger partial charge is 0.377 e. The van der Waals surface area contributed by atoms with Crippen LogP contribution in [-0.4, -0.2) is 49.2 Å². The van der Waals surface area contributed by atoms with Gasteiger partial charge in [-0.25, -0.2) is 0 Å². The third kappa shape index (κ3) is 3.34. The molecule has 2 heterocycles. The molecule has 4 rings (SSSR count). The van der Waals surface area contributed by atoms with Gasteiger partial charge in [-0.1, -0.05) is 48.0 Å². The first kappa shape index (κ1) is 18.1. The monoisotopic (exact) mass is 364 g/mol. The van der Waals surface area contributed by atoms with E-state index in [0.717, 1.165) is 38.0 Å². The standard InChI is InChI=1S/C23H28N2O2/c1-18-8-10-20(11-9-18)25-17-21(27-2)23(25)12-14-24(15-13-23)22(26)16-19-6-4-3-5-7-19/h3-11,21H,12-17H2,1-2H3. The molecule has 1 unspecified atom stereocenters. The number of benzene rings is 2. The van der Waals surface area contributed by atoms with Crippen LogP contribution in [0.3, 0.4) is 0 Å². The van der Waals surface area contributed by atoms with Crippen molar-refractivity contribution in [2.45, 2.75) is 37.8 Å². The van der Waals surface area contributed by atoms with Gasteiger partial charge in [-0.05, 0) is 37.5 Å². The molecule has 4 heteroatoms. The Balaban J connectivity index is 1.44. The summed E-state index contributed by atoms with van der Waals surface area (Å²) in [5.74, 6) is 0.228. The van der Waals surface area contributed by atoms with Gasteiger partial charge in [0, 0.05) is 32.4 Å². The van der Waals surface area contributed by atoms with Crippen LogP contribution in [0.2, 0.25) is 0 Å². The van der Waals surface area contributed by atoms with Crippen LogP contribution in [0.4, 0.5) is 5.69 Å². The van der Waals surface area contributed by atoms with Crippen molar-refractivity contribution in [1.29, 1.82) is 0 Å². The number of aryl methyl sites for hydroxylation is 1. The Labute approximate surface area is 161 Å². The molecule has 0 aromatic heterocycles. The molecule has 142 valence electrons. The van der Waals surface area contributed by atoms with E-state index in [-0.39, 0.29) is 17.6 Å². The fourth-order valence-corrected chi connectivity index (χ4v) is 4.58. The predicted molar refractivity (Wildman–Crippen MR) is 108 cm³/mol. The van der Waals surface area contributed by atoms with E-state index in [1.165, 1.54) is 11.3 Å². The minimum atomic E-state index is 0.0214. The lowest BCUT2D eigenvalue weighted by atomic mass is 9.73. The number of ether oxygens (including phenoxy) is 1. The molecule has 4 nitrogen and oxygen atoms in total. The molecule has 2 fully saturated rings. The first-order valence-electron chi connectivity index (χ1n) is 9.81. The van der Waals surface area contributed by atoms with Crippen molar-refractivity contribution < 1.29 is 9.53 Å². The summed E-state index contributed by atoms with van der Waals surface area (Å²) in [4.78, 5) is 17.2. The number of methoxy groups -OCH3 is 1. The number of likely N-dealkylation sites (tertiary alicyclic amines) is 1. The number of anilines is 1. The second-order valence-corrected chi connectivity index (χ2v) is 7.82. The molecule has 1 amide bonds. The molecule has 0 N–H and O–H groups in total. The zero-order valence-corrected chi connectivity index (χ0v) is 16.2. The molecule has 0 radical (unpaired) electrons. The van der Waals surface area contributed by atoms with Gasteiger partial charge in [0.15, 0.2) is 0 Å². The quantitative estimate of drug-likeness (QED) is 0.833. The van der Waals surface area contributed by atoms with E-state index in [0.29, 0.717) is 6.42 Å². The average Bonchev–Trinajstić information content (AvgIpc) is 2.70. The van der Waals surface area contributed by atoms with E-state index in [2.05, 4.69) is 36.1 Å². The van der Waals surface area contributed by atoms with E-state index < -0.39 is 0 Å². The lowest BCUT2D eigenvalue weighted by Gasteiger charge is -2.61. The molecule has 2 aromatic carbocycles. The van der Waals surface area contributed by atoms with Crippen LogP contribution in [0, 0.1) is 6.92 Å². The molecule has 0 saturated carbocycles. The van der Waals surface area contributed by atoms with Crippen LogP contribution in [0.25, 0.3) is 0 Å². The maximum atomic E-state index is 12.7. The Morgan fingerprint density at radius 2 is 1.74 bits per heavy atom. The molecule has 27 heavy (non-hydrogen) atoms. The lowest BCUT2D eigenvalue weighted by molar-refractivity contribution is -0.134. The maximum Gasteiger partial charge on any atom is 0.226 e. The van der Waals surface area contributed by atoms with E-state index in [9.17, 15) is 4.79 Å². The van der Waals surface area contributed by atoms with Gasteiger partial charge in [-0.15, -0.1) is 0 Å². The van der Waals surface area contributed by atoms with E-state index >= 15 is 0 Å². The molecule has 1 atom stereocenters. The smallest absolute Gasteiger partial charge is 0.226 e. The van der Waals surface area contributed by atoms with Gasteiger partial charge in [0.25, 0.3) is 0 Å². The minimum Gasteiger partial charge on any atom is -0.377 e. The summed E-state index contributed by atoms with van der Waals surface area (Å²) in [6, 6.07) is 18.8. The number of amides is 1. The summed E-state index contributed by atoms with van der Waals surface area (Å²) in [7, 11) is 1.81. The van der Waals surface area contributed by atoms with Crippen LogP contribution in [0.1, 0.15) is 24.0 Å². The molecule has 2 saturated heterocycles. The maximum absolute atomic E-state index is 12.7. The molecule has 1 spiro atoms. The summed E-state index contributed by atoms with van der Waals surface area (Å²) in [6.45, 7) is 4.64. The fraction of sp³-hybridized carbons (Fsp3) is 0.435. The summed E-state index contributed by atoms with van der Waals surface area (Å²) < 4.78 is 5.80. The van der Waals surface area contributed by atoms with Gasteiger partial charge in [0.05, 0.1) is 18.1 Å². The van der Waals surface area contributed by atoms with Crippen molar-refractivity contribution in [3.63, 3.8) is 0 Å². The summed E-state index contributed by atoms with van der Waals surface area (Å²) >= 11 is 0. The summed E-state index contributed by atoms with van der Waals surface area (Å²) in [5.41, 5.74) is 3.64. The van der Waals surface area contributed by atoms with Crippen molar-refractivity contribution in [2.24, 2.45) is 0 Å². The summed E-state index contributed by atoms with van der Waals surface area (Å²) in [6.07, 6.45) is 2.65. The van der Waals surface area contributed by atoms with Crippen LogP contribution < -0.4 is 4.90 Å². The normalized spacial score (nSPS) is 21.2. The SMILES string of the molecule is COC1CN(c2ccc(C)cc2)C12CCN(C(=O)Cc1ccccc1)CC2. The van der Waals surface area contributed by atoms with Crippen molar-refractivity contribution in [3.05, 3.63) is 65.7 Å². The zero-order chi connectivity index (χ0) is 18.9. The van der Waals surface area contributed by atoms with Crippen molar-refractivity contribution in [3.8, 4) is 0 Å². The molecule has 0 bridgehead atoms. The van der Waals surface area contributed by atoms with Crippen molar-refractivity contribution in [1.82, 2.24) is 4.90 Å². The number of piperidine rings is 1. The van der Waals surface area contributed by atoms with Gasteiger partial charge in [-0.3, -0.25) is 4.79 Å². The average molecular weight is 364 g/mol. The number of hydrogen-bond donors (Lipinski definition) is 0. The highest BCUT2D eigenvalue weighted by Crippen LogP contribution is 2.44. The fourth-order valence-electron chi connectivity index (χ4n) is 4.58. The highest BCUT2D eigenvalue weighted by molar-refractivity contribution is 5.79. The Morgan fingerprint density at radius 1 is 1.07 bits per heavy atom. The van der Waals surface area contributed by atoms with Crippen LogP contribution in [0.5, 0.6) is 0 Å². The Bertz CT molecular complexity index is 780. The van der Waals surface area contributed by atoms with Gasteiger partial charge in [-0.2, -0.15) is 0 Å². The predicted octanol–water partition coefficient (Wildman–Crippen LogP) is 3.43. The third-order valence-electron chi connectivity index (χ3n) is 6.30. The van der Waals surface area contributed by atoms with Crippen molar-refractivity contribution >= 4 is 11.6 Å².